The molecule has 0 heterocycles. The first-order valence-electron chi connectivity index (χ1n) is 6.04. The number of nitrogens with one attached hydrogen (secondary N) is 1. The molecule has 1 aromatic rings. The van der Waals surface area contributed by atoms with E-state index in [1.165, 1.54) is 17.5 Å². The molecule has 1 N–H and O–H groups in total. The number of aryl methyl sites for hydroxylation is 1. The van der Waals surface area contributed by atoms with Gasteiger partial charge in [-0.15, -0.1) is 0 Å². The minimum Gasteiger partial charge on any atom is -0.317 e. The van der Waals surface area contributed by atoms with Crippen molar-refractivity contribution < 1.29 is 0 Å². The third-order valence-corrected chi connectivity index (χ3v) is 2.73. The Hall–Kier alpha value is -0.820. The SMILES string of the molecule is CCNCC(C)Cc1cccc(CC)c1. The summed E-state index contributed by atoms with van der Waals surface area (Å²) in [6.07, 6.45) is 2.32. The summed E-state index contributed by atoms with van der Waals surface area (Å²) in [5.41, 5.74) is 2.92. The van der Waals surface area contributed by atoms with Gasteiger partial charge < -0.3 is 5.32 Å². The summed E-state index contributed by atoms with van der Waals surface area (Å²) in [5, 5.41) is 3.40. The lowest BCUT2D eigenvalue weighted by atomic mass is 9.99. The maximum Gasteiger partial charge on any atom is -0.00201 e. The lowest BCUT2D eigenvalue weighted by molar-refractivity contribution is 0.521. The Bertz CT molecular complexity index is 280. The molecule has 0 bridgehead atoms. The summed E-state index contributed by atoms with van der Waals surface area (Å²) in [7, 11) is 0. The van der Waals surface area contributed by atoms with Crippen LogP contribution < -0.4 is 5.32 Å². The van der Waals surface area contributed by atoms with Crippen molar-refractivity contribution >= 4 is 0 Å². The standard InChI is InChI=1S/C14H23N/c1-4-13-7-6-8-14(10-13)9-12(3)11-15-5-2/h6-8,10,12,15H,4-5,9,11H2,1-3H3. The number of hydrogen-bond donors (Lipinski definition) is 1. The van der Waals surface area contributed by atoms with Crippen molar-refractivity contribution in [3.63, 3.8) is 0 Å². The van der Waals surface area contributed by atoms with Gasteiger partial charge in [-0.2, -0.15) is 0 Å². The average molecular weight is 205 g/mol. The second kappa shape index (κ2) is 6.62. The highest BCUT2D eigenvalue weighted by atomic mass is 14.8. The fourth-order valence-corrected chi connectivity index (χ4v) is 1.84. The fraction of sp³-hybridized carbons (Fsp3) is 0.571. The Morgan fingerprint density at radius 3 is 2.60 bits per heavy atom. The molecular weight excluding hydrogens is 182 g/mol. The molecule has 0 saturated heterocycles. The Balaban J connectivity index is 2.48. The molecule has 1 heteroatoms. The third kappa shape index (κ3) is 4.48. The van der Waals surface area contributed by atoms with Crippen LogP contribution in [0.4, 0.5) is 0 Å². The first-order valence-corrected chi connectivity index (χ1v) is 6.04. The van der Waals surface area contributed by atoms with E-state index in [1.807, 2.05) is 0 Å². The van der Waals surface area contributed by atoms with Gasteiger partial charge in [-0.3, -0.25) is 0 Å². The van der Waals surface area contributed by atoms with E-state index in [0.717, 1.165) is 25.4 Å². The van der Waals surface area contributed by atoms with E-state index in [9.17, 15) is 0 Å². The Labute approximate surface area is 93.9 Å². The van der Waals surface area contributed by atoms with E-state index in [0.29, 0.717) is 0 Å². The predicted molar refractivity (Wildman–Crippen MR) is 67.2 cm³/mol. The molecule has 0 fully saturated rings. The largest absolute Gasteiger partial charge is 0.317 e. The van der Waals surface area contributed by atoms with E-state index < -0.39 is 0 Å². The van der Waals surface area contributed by atoms with Crippen molar-refractivity contribution in [2.24, 2.45) is 5.92 Å². The summed E-state index contributed by atoms with van der Waals surface area (Å²) in [6.45, 7) is 8.86. The van der Waals surface area contributed by atoms with Crippen molar-refractivity contribution in [1.82, 2.24) is 5.32 Å². The van der Waals surface area contributed by atoms with Gasteiger partial charge in [0.15, 0.2) is 0 Å². The normalized spacial score (nSPS) is 12.7. The van der Waals surface area contributed by atoms with Crippen molar-refractivity contribution in [2.45, 2.75) is 33.6 Å². The molecule has 0 aromatic heterocycles. The molecule has 0 aliphatic carbocycles. The third-order valence-electron chi connectivity index (χ3n) is 2.73. The molecule has 15 heavy (non-hydrogen) atoms. The van der Waals surface area contributed by atoms with Gasteiger partial charge in [0.1, 0.15) is 0 Å². The molecule has 0 aliphatic heterocycles. The lowest BCUT2D eigenvalue weighted by Crippen LogP contribution is -2.21. The molecule has 84 valence electrons. The van der Waals surface area contributed by atoms with Gasteiger partial charge in [-0.05, 0) is 43.0 Å². The molecule has 0 aliphatic rings. The first kappa shape index (κ1) is 12.3. The van der Waals surface area contributed by atoms with Gasteiger partial charge in [-0.1, -0.05) is 45.0 Å². The summed E-state index contributed by atoms with van der Waals surface area (Å²) in [6, 6.07) is 8.96. The second-order valence-electron chi connectivity index (χ2n) is 4.29. The van der Waals surface area contributed by atoms with Crippen LogP contribution in [0.25, 0.3) is 0 Å². The summed E-state index contributed by atoms with van der Waals surface area (Å²) in [4.78, 5) is 0. The van der Waals surface area contributed by atoms with Crippen LogP contribution in [0.15, 0.2) is 24.3 Å². The quantitative estimate of drug-likeness (QED) is 0.752. The second-order valence-corrected chi connectivity index (χ2v) is 4.29. The van der Waals surface area contributed by atoms with E-state index in [2.05, 4.69) is 50.4 Å². The van der Waals surface area contributed by atoms with Gasteiger partial charge in [0.25, 0.3) is 0 Å². The van der Waals surface area contributed by atoms with Crippen LogP contribution in [0.3, 0.4) is 0 Å². The highest BCUT2D eigenvalue weighted by Gasteiger charge is 2.03. The minimum absolute atomic E-state index is 0.719. The molecule has 1 unspecified atom stereocenters. The van der Waals surface area contributed by atoms with Crippen LogP contribution >= 0.6 is 0 Å². The average Bonchev–Trinajstić information content (AvgIpc) is 2.26. The number of benzene rings is 1. The zero-order valence-electron chi connectivity index (χ0n) is 10.2. The number of hydrogen-bond acceptors (Lipinski definition) is 1. The smallest absolute Gasteiger partial charge is 0.00201 e. The molecule has 0 spiro atoms. The van der Waals surface area contributed by atoms with Crippen molar-refractivity contribution in [1.29, 1.82) is 0 Å². The fourth-order valence-electron chi connectivity index (χ4n) is 1.84. The molecule has 1 nitrogen and oxygen atoms in total. The van der Waals surface area contributed by atoms with E-state index in [1.54, 1.807) is 0 Å². The van der Waals surface area contributed by atoms with Gasteiger partial charge in [0, 0.05) is 0 Å². The molecule has 1 rings (SSSR count). The Morgan fingerprint density at radius 1 is 1.20 bits per heavy atom. The zero-order valence-corrected chi connectivity index (χ0v) is 10.2. The predicted octanol–water partition coefficient (Wildman–Crippen LogP) is 3.04. The highest BCUT2D eigenvalue weighted by Crippen LogP contribution is 2.11. The van der Waals surface area contributed by atoms with Gasteiger partial charge in [0.05, 0.1) is 0 Å². The number of rotatable bonds is 6. The van der Waals surface area contributed by atoms with E-state index in [4.69, 9.17) is 0 Å². The van der Waals surface area contributed by atoms with Crippen LogP contribution in [0.1, 0.15) is 31.9 Å². The van der Waals surface area contributed by atoms with Crippen LogP contribution in [-0.4, -0.2) is 13.1 Å². The van der Waals surface area contributed by atoms with Gasteiger partial charge >= 0.3 is 0 Å². The lowest BCUT2D eigenvalue weighted by Gasteiger charge is -2.12. The van der Waals surface area contributed by atoms with Crippen molar-refractivity contribution in [2.75, 3.05) is 13.1 Å². The van der Waals surface area contributed by atoms with Gasteiger partial charge in [-0.25, -0.2) is 0 Å². The van der Waals surface area contributed by atoms with E-state index in [-0.39, 0.29) is 0 Å². The zero-order chi connectivity index (χ0) is 11.1. The molecule has 0 amide bonds. The van der Waals surface area contributed by atoms with Gasteiger partial charge in [0.2, 0.25) is 0 Å². The highest BCUT2D eigenvalue weighted by molar-refractivity contribution is 5.23. The Morgan fingerprint density at radius 2 is 1.93 bits per heavy atom. The van der Waals surface area contributed by atoms with Crippen LogP contribution in [-0.2, 0) is 12.8 Å². The first-order chi connectivity index (χ1) is 7.26. The maximum absolute atomic E-state index is 3.40. The van der Waals surface area contributed by atoms with E-state index >= 15 is 0 Å². The van der Waals surface area contributed by atoms with Crippen LogP contribution in [0.5, 0.6) is 0 Å². The molecule has 1 atom stereocenters. The Kier molecular flexibility index (Phi) is 5.41. The summed E-state index contributed by atoms with van der Waals surface area (Å²) >= 11 is 0. The monoisotopic (exact) mass is 205 g/mol. The minimum atomic E-state index is 0.719. The van der Waals surface area contributed by atoms with Crippen molar-refractivity contribution in [3.8, 4) is 0 Å². The summed E-state index contributed by atoms with van der Waals surface area (Å²) < 4.78 is 0. The van der Waals surface area contributed by atoms with Crippen LogP contribution in [0, 0.1) is 5.92 Å². The molecule has 0 radical (unpaired) electrons. The maximum atomic E-state index is 3.40. The molecule has 1 aromatic carbocycles. The van der Waals surface area contributed by atoms with Crippen molar-refractivity contribution in [3.05, 3.63) is 35.4 Å². The van der Waals surface area contributed by atoms with Crippen LogP contribution in [0.2, 0.25) is 0 Å². The summed E-state index contributed by atoms with van der Waals surface area (Å²) in [5.74, 6) is 0.719. The molecular formula is C14H23N. The molecule has 0 saturated carbocycles. The topological polar surface area (TPSA) is 12.0 Å².